The highest BCUT2D eigenvalue weighted by molar-refractivity contribution is 7.98. The molecule has 0 atom stereocenters. The van der Waals surface area contributed by atoms with E-state index in [1.54, 1.807) is 7.11 Å². The van der Waals surface area contributed by atoms with Gasteiger partial charge in [0.2, 0.25) is 5.89 Å². The molecule has 0 spiro atoms. The monoisotopic (exact) mass is 566 g/mol. The van der Waals surface area contributed by atoms with Gasteiger partial charge in [0.25, 0.3) is 5.91 Å². The van der Waals surface area contributed by atoms with E-state index >= 15 is 0 Å². The largest absolute Gasteiger partial charge is 0.497 e. The maximum atomic E-state index is 13.1. The molecule has 0 N–H and O–H groups in total. The normalized spacial score (nSPS) is 13.8. The Morgan fingerprint density at radius 3 is 2.44 bits per heavy atom. The molecule has 9 nitrogen and oxygen atoms in total. The quantitative estimate of drug-likeness (QED) is 0.226. The second-order valence-electron chi connectivity index (χ2n) is 9.68. The van der Waals surface area contributed by atoms with Crippen molar-refractivity contribution in [1.82, 2.24) is 29.5 Å². The van der Waals surface area contributed by atoms with Crippen LogP contribution in [0.1, 0.15) is 21.9 Å². The van der Waals surface area contributed by atoms with E-state index in [1.165, 1.54) is 23.6 Å². The molecule has 10 heteroatoms. The number of thioether (sulfide) groups is 1. The van der Waals surface area contributed by atoms with Gasteiger partial charge >= 0.3 is 0 Å². The number of carbonyl (C=O) groups is 1. The Kier molecular flexibility index (Phi) is 8.11. The van der Waals surface area contributed by atoms with Gasteiger partial charge in [-0.05, 0) is 29.8 Å². The summed E-state index contributed by atoms with van der Waals surface area (Å²) < 4.78 is 13.1. The number of oxazole rings is 1. The first-order chi connectivity index (χ1) is 20.2. The van der Waals surface area contributed by atoms with Crippen molar-refractivity contribution < 1.29 is 13.9 Å². The van der Waals surface area contributed by atoms with Gasteiger partial charge in [0.15, 0.2) is 16.7 Å². The van der Waals surface area contributed by atoms with E-state index in [4.69, 9.17) is 9.15 Å². The lowest BCUT2D eigenvalue weighted by atomic mass is 10.2. The number of rotatable bonds is 9. The molecule has 3 heterocycles. The molecule has 3 aromatic carbocycles. The predicted molar refractivity (Wildman–Crippen MR) is 157 cm³/mol. The fourth-order valence-electron chi connectivity index (χ4n) is 4.84. The minimum Gasteiger partial charge on any atom is -0.497 e. The van der Waals surface area contributed by atoms with E-state index in [-0.39, 0.29) is 5.91 Å². The molecule has 0 bridgehead atoms. The average Bonchev–Trinajstić information content (AvgIpc) is 3.69. The lowest BCUT2D eigenvalue weighted by Gasteiger charge is -2.34. The van der Waals surface area contributed by atoms with Crippen LogP contribution in [0.2, 0.25) is 0 Å². The molecule has 5 aromatic rings. The fraction of sp³-hybridized carbons (Fsp3) is 0.226. The van der Waals surface area contributed by atoms with Gasteiger partial charge in [-0.1, -0.05) is 72.4 Å². The maximum Gasteiger partial charge on any atom is 0.275 e. The SMILES string of the molecule is COc1cccc(-c2nnc(SCc3nc(C(=O)N4CCN(Cc5ccccc5)CC4)co3)n2-c2ccccc2)c1. The fourth-order valence-corrected chi connectivity index (χ4v) is 5.64. The summed E-state index contributed by atoms with van der Waals surface area (Å²) in [6, 6.07) is 28.1. The molecule has 0 aliphatic carbocycles. The molecule has 2 aromatic heterocycles. The molecule has 0 unspecified atom stereocenters. The first-order valence-electron chi connectivity index (χ1n) is 13.5. The number of nitrogens with zero attached hydrogens (tertiary/aromatic N) is 6. The van der Waals surface area contributed by atoms with Crippen LogP contribution in [0.3, 0.4) is 0 Å². The van der Waals surface area contributed by atoms with Crippen LogP contribution in [0.5, 0.6) is 5.75 Å². The molecule has 0 radical (unpaired) electrons. The van der Waals surface area contributed by atoms with Gasteiger partial charge in [-0.25, -0.2) is 4.98 Å². The number of para-hydroxylation sites is 1. The Balaban J connectivity index is 1.12. The first-order valence-corrected chi connectivity index (χ1v) is 14.4. The van der Waals surface area contributed by atoms with Gasteiger partial charge in [-0.2, -0.15) is 0 Å². The number of methoxy groups -OCH3 is 1. The molecule has 208 valence electrons. The van der Waals surface area contributed by atoms with Crippen LogP contribution < -0.4 is 4.74 Å². The second-order valence-corrected chi connectivity index (χ2v) is 10.6. The van der Waals surface area contributed by atoms with Crippen molar-refractivity contribution in [2.75, 3.05) is 33.3 Å². The number of aromatic nitrogens is 4. The maximum absolute atomic E-state index is 13.1. The van der Waals surface area contributed by atoms with Gasteiger partial charge in [-0.3, -0.25) is 14.3 Å². The minimum atomic E-state index is -0.0999. The lowest BCUT2D eigenvalue weighted by molar-refractivity contribution is 0.0622. The van der Waals surface area contributed by atoms with E-state index < -0.39 is 0 Å². The number of carbonyl (C=O) groups excluding carboxylic acids is 1. The Hall–Kier alpha value is -4.41. The number of piperazine rings is 1. The van der Waals surface area contributed by atoms with Crippen LogP contribution in [0, 0.1) is 0 Å². The third-order valence-electron chi connectivity index (χ3n) is 6.98. The van der Waals surface area contributed by atoms with Gasteiger partial charge in [0, 0.05) is 44.0 Å². The van der Waals surface area contributed by atoms with E-state index in [0.29, 0.717) is 41.4 Å². The topological polar surface area (TPSA) is 89.5 Å². The van der Waals surface area contributed by atoms with E-state index in [9.17, 15) is 4.79 Å². The molecule has 1 amide bonds. The Morgan fingerprint density at radius 2 is 1.68 bits per heavy atom. The number of benzene rings is 3. The highest BCUT2D eigenvalue weighted by Crippen LogP contribution is 2.31. The summed E-state index contributed by atoms with van der Waals surface area (Å²) in [4.78, 5) is 21.9. The van der Waals surface area contributed by atoms with Crippen LogP contribution in [-0.2, 0) is 12.3 Å². The van der Waals surface area contributed by atoms with Crippen molar-refractivity contribution in [1.29, 1.82) is 0 Å². The summed E-state index contributed by atoms with van der Waals surface area (Å²) in [7, 11) is 1.64. The van der Waals surface area contributed by atoms with Crippen molar-refractivity contribution in [3.8, 4) is 22.8 Å². The van der Waals surface area contributed by atoms with E-state index in [0.717, 1.165) is 36.6 Å². The van der Waals surface area contributed by atoms with Gasteiger partial charge < -0.3 is 14.1 Å². The molecule has 41 heavy (non-hydrogen) atoms. The standard InChI is InChI=1S/C31H30N6O3S/c1-39-26-14-8-11-24(19-26)29-33-34-31(37(29)25-12-6-3-7-13-25)41-22-28-32-27(21-40-28)30(38)36-17-15-35(16-18-36)20-23-9-4-2-5-10-23/h2-14,19,21H,15-18,20,22H2,1H3. The third-order valence-corrected chi connectivity index (χ3v) is 7.89. The summed E-state index contributed by atoms with van der Waals surface area (Å²) in [5.74, 6) is 2.21. The molecule has 0 saturated carbocycles. The molecule has 1 aliphatic heterocycles. The molecule has 1 aliphatic rings. The highest BCUT2D eigenvalue weighted by atomic mass is 32.2. The summed E-state index contributed by atoms with van der Waals surface area (Å²) in [5.41, 5.74) is 3.44. The zero-order valence-electron chi connectivity index (χ0n) is 22.7. The molecule has 1 fully saturated rings. The number of amides is 1. The van der Waals surface area contributed by atoms with Crippen LogP contribution in [0.25, 0.3) is 17.1 Å². The minimum absolute atomic E-state index is 0.0999. The van der Waals surface area contributed by atoms with Crippen molar-refractivity contribution in [2.45, 2.75) is 17.5 Å². The summed E-state index contributed by atoms with van der Waals surface area (Å²) in [5, 5.41) is 9.67. The number of hydrogen-bond donors (Lipinski definition) is 0. The van der Waals surface area contributed by atoms with Crippen molar-refractivity contribution in [3.63, 3.8) is 0 Å². The van der Waals surface area contributed by atoms with Crippen molar-refractivity contribution in [2.24, 2.45) is 0 Å². The number of hydrogen-bond acceptors (Lipinski definition) is 8. The van der Waals surface area contributed by atoms with Gasteiger partial charge in [0.1, 0.15) is 12.0 Å². The van der Waals surface area contributed by atoms with Crippen LogP contribution >= 0.6 is 11.8 Å². The zero-order valence-corrected chi connectivity index (χ0v) is 23.5. The second kappa shape index (κ2) is 12.4. The molecule has 1 saturated heterocycles. The summed E-state index contributed by atoms with van der Waals surface area (Å²) in [6.07, 6.45) is 1.46. The van der Waals surface area contributed by atoms with Gasteiger partial charge in [-0.15, -0.1) is 10.2 Å². The molecular formula is C31H30N6O3S. The predicted octanol–water partition coefficient (Wildman–Crippen LogP) is 5.18. The zero-order chi connectivity index (χ0) is 28.0. The first kappa shape index (κ1) is 26.8. The van der Waals surface area contributed by atoms with E-state index in [2.05, 4.69) is 44.3 Å². The Labute approximate surface area is 242 Å². The Bertz CT molecular complexity index is 1600. The highest BCUT2D eigenvalue weighted by Gasteiger charge is 2.25. The summed E-state index contributed by atoms with van der Waals surface area (Å²) >= 11 is 1.45. The summed E-state index contributed by atoms with van der Waals surface area (Å²) in [6.45, 7) is 3.87. The molecular weight excluding hydrogens is 536 g/mol. The van der Waals surface area contributed by atoms with Gasteiger partial charge in [0.05, 0.1) is 12.9 Å². The van der Waals surface area contributed by atoms with Crippen molar-refractivity contribution in [3.05, 3.63) is 108 Å². The Morgan fingerprint density at radius 1 is 0.927 bits per heavy atom. The smallest absolute Gasteiger partial charge is 0.275 e. The lowest BCUT2D eigenvalue weighted by Crippen LogP contribution is -2.48. The average molecular weight is 567 g/mol. The van der Waals surface area contributed by atoms with Crippen molar-refractivity contribution >= 4 is 17.7 Å². The van der Waals surface area contributed by atoms with Crippen LogP contribution in [0.4, 0.5) is 0 Å². The van der Waals surface area contributed by atoms with E-state index in [1.807, 2.05) is 70.1 Å². The van der Waals surface area contributed by atoms with Crippen LogP contribution in [-0.4, -0.2) is 68.7 Å². The third kappa shape index (κ3) is 6.18. The number of ether oxygens (including phenoxy) is 1. The van der Waals surface area contributed by atoms with Crippen LogP contribution in [0.15, 0.2) is 101 Å². The molecule has 6 rings (SSSR count).